The predicted octanol–water partition coefficient (Wildman–Crippen LogP) is 1.14. The molecule has 0 bridgehead atoms. The molecule has 0 aromatic rings. The zero-order valence-corrected chi connectivity index (χ0v) is 21.8. The standard InChI is InChI=1S/C22H50N2O8/c1-9-29-21(23(3,4)5)19-27-13-11-25-15-17-31-32-18-16-26-12-14-28-20-22(30-10-2)24(6,7)8/h21-22H,9-20H2,1-8H3/q+2. The first-order valence-electron chi connectivity index (χ1n) is 11.5. The molecule has 2 atom stereocenters. The van der Waals surface area contributed by atoms with Crippen molar-refractivity contribution in [3.8, 4) is 0 Å². The quantitative estimate of drug-likeness (QED) is 0.0724. The lowest BCUT2D eigenvalue weighted by Crippen LogP contribution is -2.49. The average molecular weight is 471 g/mol. The highest BCUT2D eigenvalue weighted by Gasteiger charge is 2.24. The molecule has 194 valence electrons. The Kier molecular flexibility index (Phi) is 18.7. The maximum Gasteiger partial charge on any atom is 0.216 e. The van der Waals surface area contributed by atoms with Gasteiger partial charge < -0.3 is 37.4 Å². The second-order valence-corrected chi connectivity index (χ2v) is 9.07. The van der Waals surface area contributed by atoms with Crippen LogP contribution in [0.15, 0.2) is 0 Å². The third-order valence-electron chi connectivity index (χ3n) is 4.42. The van der Waals surface area contributed by atoms with E-state index in [4.69, 9.17) is 38.2 Å². The zero-order chi connectivity index (χ0) is 24.3. The van der Waals surface area contributed by atoms with Crippen LogP contribution in [0, 0.1) is 0 Å². The van der Waals surface area contributed by atoms with Gasteiger partial charge in [-0.05, 0) is 13.8 Å². The summed E-state index contributed by atoms with van der Waals surface area (Å²) >= 11 is 0. The van der Waals surface area contributed by atoms with Gasteiger partial charge in [-0.15, -0.1) is 0 Å². The Morgan fingerprint density at radius 1 is 0.469 bits per heavy atom. The molecule has 2 unspecified atom stereocenters. The van der Waals surface area contributed by atoms with Crippen LogP contribution in [0.3, 0.4) is 0 Å². The summed E-state index contributed by atoms with van der Waals surface area (Å²) in [7, 11) is 12.5. The Balaban J connectivity index is 3.43. The Morgan fingerprint density at radius 2 is 0.781 bits per heavy atom. The van der Waals surface area contributed by atoms with E-state index in [1.54, 1.807) is 0 Å². The zero-order valence-electron chi connectivity index (χ0n) is 21.8. The molecule has 0 saturated carbocycles. The largest absolute Gasteiger partial charge is 0.377 e. The summed E-state index contributed by atoms with van der Waals surface area (Å²) in [5.74, 6) is 0. The third kappa shape index (κ3) is 18.1. The van der Waals surface area contributed by atoms with E-state index in [0.29, 0.717) is 88.2 Å². The minimum absolute atomic E-state index is 0.0141. The summed E-state index contributed by atoms with van der Waals surface area (Å²) in [6.45, 7) is 10.0. The molecule has 0 spiro atoms. The van der Waals surface area contributed by atoms with Crippen molar-refractivity contribution in [2.45, 2.75) is 26.3 Å². The number of ether oxygens (including phenoxy) is 6. The van der Waals surface area contributed by atoms with Crippen LogP contribution >= 0.6 is 0 Å². The van der Waals surface area contributed by atoms with Crippen molar-refractivity contribution in [2.75, 3.05) is 122 Å². The highest BCUT2D eigenvalue weighted by Crippen LogP contribution is 2.06. The van der Waals surface area contributed by atoms with Gasteiger partial charge in [0.1, 0.15) is 26.4 Å². The Hall–Kier alpha value is -0.400. The summed E-state index contributed by atoms with van der Waals surface area (Å²) in [6.07, 6.45) is 0.0282. The monoisotopic (exact) mass is 470 g/mol. The SMILES string of the molecule is CCOC(COCCOCCOOCCOCCOCC(OCC)[N+](C)(C)C)[N+](C)(C)C. The molecule has 0 radical (unpaired) electrons. The van der Waals surface area contributed by atoms with Gasteiger partial charge in [0, 0.05) is 0 Å². The normalized spacial score (nSPS) is 14.6. The molecule has 0 heterocycles. The molecule has 0 amide bonds. The lowest BCUT2D eigenvalue weighted by Gasteiger charge is -2.33. The fourth-order valence-corrected chi connectivity index (χ4v) is 2.49. The maximum absolute atomic E-state index is 5.70. The summed E-state index contributed by atoms with van der Waals surface area (Å²) in [4.78, 5) is 10.1. The fraction of sp³-hybridized carbons (Fsp3) is 1.00. The molecular formula is C22H50N2O8+2. The maximum atomic E-state index is 5.70. The van der Waals surface area contributed by atoms with E-state index >= 15 is 0 Å². The highest BCUT2D eigenvalue weighted by molar-refractivity contribution is 4.43. The van der Waals surface area contributed by atoms with Crippen molar-refractivity contribution < 1.29 is 47.2 Å². The van der Waals surface area contributed by atoms with Crippen LogP contribution in [0.1, 0.15) is 13.8 Å². The Labute approximate surface area is 195 Å². The van der Waals surface area contributed by atoms with Crippen LogP contribution in [-0.2, 0) is 38.2 Å². The number of hydrogen-bond acceptors (Lipinski definition) is 8. The van der Waals surface area contributed by atoms with Crippen LogP contribution in [0.5, 0.6) is 0 Å². The van der Waals surface area contributed by atoms with Crippen molar-refractivity contribution >= 4 is 0 Å². The van der Waals surface area contributed by atoms with Gasteiger partial charge in [-0.3, -0.25) is 0 Å². The number of rotatable bonds is 23. The Morgan fingerprint density at radius 3 is 1.09 bits per heavy atom. The van der Waals surface area contributed by atoms with Gasteiger partial charge in [-0.1, -0.05) is 0 Å². The van der Waals surface area contributed by atoms with Crippen LogP contribution in [-0.4, -0.2) is 143 Å². The highest BCUT2D eigenvalue weighted by atomic mass is 17.2. The van der Waals surface area contributed by atoms with E-state index in [9.17, 15) is 0 Å². The van der Waals surface area contributed by atoms with E-state index in [1.165, 1.54) is 0 Å². The second kappa shape index (κ2) is 19.0. The van der Waals surface area contributed by atoms with Gasteiger partial charge in [-0.25, -0.2) is 9.78 Å². The number of quaternary nitrogens is 2. The second-order valence-electron chi connectivity index (χ2n) is 9.07. The van der Waals surface area contributed by atoms with Crippen molar-refractivity contribution in [2.24, 2.45) is 0 Å². The molecule has 10 heteroatoms. The van der Waals surface area contributed by atoms with E-state index in [0.717, 1.165) is 0 Å². The summed E-state index contributed by atoms with van der Waals surface area (Å²) in [5.41, 5.74) is 0. The van der Waals surface area contributed by atoms with Gasteiger partial charge in [0.15, 0.2) is 0 Å². The summed E-state index contributed by atoms with van der Waals surface area (Å²) < 4.78 is 35.0. The molecule has 0 aliphatic rings. The molecule has 0 N–H and O–H groups in total. The fourth-order valence-electron chi connectivity index (χ4n) is 2.49. The lowest BCUT2D eigenvalue weighted by molar-refractivity contribution is -0.920. The smallest absolute Gasteiger partial charge is 0.216 e. The number of likely N-dealkylation sites (N-methyl/N-ethyl adjacent to an activating group) is 2. The molecule has 0 aromatic carbocycles. The molecular weight excluding hydrogens is 420 g/mol. The van der Waals surface area contributed by atoms with Gasteiger partial charge in [-0.2, -0.15) is 0 Å². The van der Waals surface area contributed by atoms with Crippen molar-refractivity contribution in [3.63, 3.8) is 0 Å². The van der Waals surface area contributed by atoms with Crippen LogP contribution in [0.2, 0.25) is 0 Å². The third-order valence-corrected chi connectivity index (χ3v) is 4.42. The predicted molar refractivity (Wildman–Crippen MR) is 122 cm³/mol. The van der Waals surface area contributed by atoms with Gasteiger partial charge in [0.2, 0.25) is 12.5 Å². The first-order chi connectivity index (χ1) is 15.1. The van der Waals surface area contributed by atoms with E-state index in [2.05, 4.69) is 42.3 Å². The molecule has 0 saturated heterocycles. The van der Waals surface area contributed by atoms with E-state index in [-0.39, 0.29) is 12.5 Å². The molecule has 32 heavy (non-hydrogen) atoms. The van der Waals surface area contributed by atoms with Gasteiger partial charge in [0.25, 0.3) is 0 Å². The lowest BCUT2D eigenvalue weighted by atomic mass is 10.4. The van der Waals surface area contributed by atoms with Gasteiger partial charge >= 0.3 is 0 Å². The summed E-state index contributed by atoms with van der Waals surface area (Å²) in [5, 5.41) is 0. The first-order valence-corrected chi connectivity index (χ1v) is 11.5. The van der Waals surface area contributed by atoms with Crippen LogP contribution < -0.4 is 0 Å². The number of nitrogens with zero attached hydrogens (tertiary/aromatic N) is 2. The van der Waals surface area contributed by atoms with Crippen LogP contribution in [0.4, 0.5) is 0 Å². The minimum atomic E-state index is 0.0141. The van der Waals surface area contributed by atoms with E-state index in [1.807, 2.05) is 13.8 Å². The number of hydrogen-bond donors (Lipinski definition) is 0. The molecule has 0 aliphatic heterocycles. The molecule has 0 aliphatic carbocycles. The Bertz CT molecular complexity index is 378. The summed E-state index contributed by atoms with van der Waals surface area (Å²) in [6, 6.07) is 0. The van der Waals surface area contributed by atoms with Gasteiger partial charge in [0.05, 0.1) is 95.1 Å². The topological polar surface area (TPSA) is 73.8 Å². The average Bonchev–Trinajstić information content (AvgIpc) is 2.70. The molecule has 0 fully saturated rings. The molecule has 0 aromatic heterocycles. The molecule has 0 rings (SSSR count). The van der Waals surface area contributed by atoms with E-state index < -0.39 is 0 Å². The van der Waals surface area contributed by atoms with Crippen molar-refractivity contribution in [3.05, 3.63) is 0 Å². The van der Waals surface area contributed by atoms with Crippen molar-refractivity contribution in [1.29, 1.82) is 0 Å². The van der Waals surface area contributed by atoms with Crippen LogP contribution in [0.25, 0.3) is 0 Å². The minimum Gasteiger partial charge on any atom is -0.377 e. The molecule has 10 nitrogen and oxygen atoms in total. The first kappa shape index (κ1) is 31.6. The van der Waals surface area contributed by atoms with Crippen molar-refractivity contribution in [1.82, 2.24) is 0 Å².